The summed E-state index contributed by atoms with van der Waals surface area (Å²) in [4.78, 5) is 19.8. The van der Waals surface area contributed by atoms with E-state index in [1.165, 1.54) is 44.8 Å². The number of rotatable bonds is 8. The number of halogens is 2. The number of carbonyl (C=O) groups excluding carboxylic acids is 1. The fourth-order valence-electron chi connectivity index (χ4n) is 2.65. The van der Waals surface area contributed by atoms with Crippen LogP contribution in [0.4, 0.5) is 10.1 Å². The number of nitrogens with zero attached hydrogens (tertiary/aromatic N) is 2. The van der Waals surface area contributed by atoms with Gasteiger partial charge in [0.2, 0.25) is 0 Å². The summed E-state index contributed by atoms with van der Waals surface area (Å²) in [5.41, 5.74) is -0.0253. The quantitative estimate of drug-likeness (QED) is 0.524. The molecule has 29 heavy (non-hydrogen) atoms. The van der Waals surface area contributed by atoms with E-state index in [-0.39, 0.29) is 30.0 Å². The van der Waals surface area contributed by atoms with Crippen LogP contribution in [0.25, 0.3) is 11.0 Å². The van der Waals surface area contributed by atoms with Crippen molar-refractivity contribution in [2.75, 3.05) is 32.0 Å². The van der Waals surface area contributed by atoms with Crippen LogP contribution in [0.1, 0.15) is 15.9 Å². The second-order valence-electron chi connectivity index (χ2n) is 6.17. The third-order valence-corrected chi connectivity index (χ3v) is 5.93. The zero-order valence-electron chi connectivity index (χ0n) is 15.6. The van der Waals surface area contributed by atoms with Gasteiger partial charge in [0.15, 0.2) is 11.6 Å². The number of aromatic amines is 1. The highest BCUT2D eigenvalue weighted by Crippen LogP contribution is 2.26. The standard InChI is InChI=1S/C18H18ClFN4O4S/c1-24(6-7-28-2)29(26,27)23-15-5-3-4-12(16(15)20)17(25)14-10-22-18-13(14)8-11(19)9-21-18/h3-5,8-10,23H,6-7H2,1-2H3,(H,21,22). The molecule has 3 aromatic rings. The van der Waals surface area contributed by atoms with Crippen molar-refractivity contribution in [2.45, 2.75) is 0 Å². The summed E-state index contributed by atoms with van der Waals surface area (Å²) in [5, 5.41) is 0.763. The largest absolute Gasteiger partial charge is 0.383 e. The number of carbonyl (C=O) groups is 1. The molecule has 154 valence electrons. The summed E-state index contributed by atoms with van der Waals surface area (Å²) in [6, 6.07) is 5.45. The van der Waals surface area contributed by atoms with E-state index < -0.39 is 21.8 Å². The van der Waals surface area contributed by atoms with Crippen molar-refractivity contribution in [3.05, 3.63) is 58.6 Å². The van der Waals surface area contributed by atoms with E-state index in [4.69, 9.17) is 16.3 Å². The number of hydrogen-bond donors (Lipinski definition) is 2. The number of ether oxygens (including phenoxy) is 1. The summed E-state index contributed by atoms with van der Waals surface area (Å²) >= 11 is 5.94. The molecule has 2 N–H and O–H groups in total. The van der Waals surface area contributed by atoms with Crippen molar-refractivity contribution in [1.82, 2.24) is 14.3 Å². The third-order valence-electron chi connectivity index (χ3n) is 4.25. The Labute approximate surface area is 171 Å². The Morgan fingerprint density at radius 2 is 2.14 bits per heavy atom. The molecule has 0 saturated heterocycles. The van der Waals surface area contributed by atoms with Gasteiger partial charge in [0.1, 0.15) is 5.65 Å². The second kappa shape index (κ2) is 8.46. The highest BCUT2D eigenvalue weighted by molar-refractivity contribution is 7.90. The Bertz CT molecular complexity index is 1170. The number of likely N-dealkylation sites (N-methyl/N-ethyl adjacent to an activating group) is 1. The zero-order chi connectivity index (χ0) is 21.2. The molecule has 0 bridgehead atoms. The average Bonchev–Trinajstić information content (AvgIpc) is 3.10. The van der Waals surface area contributed by atoms with E-state index in [2.05, 4.69) is 14.7 Å². The maximum Gasteiger partial charge on any atom is 0.301 e. The van der Waals surface area contributed by atoms with Crippen LogP contribution in [-0.4, -0.2) is 55.8 Å². The number of fused-ring (bicyclic) bond motifs is 1. The number of methoxy groups -OCH3 is 1. The predicted octanol–water partition coefficient (Wildman–Crippen LogP) is 2.82. The summed E-state index contributed by atoms with van der Waals surface area (Å²) < 4.78 is 47.7. The van der Waals surface area contributed by atoms with Gasteiger partial charge in [-0.3, -0.25) is 9.52 Å². The van der Waals surface area contributed by atoms with E-state index in [0.29, 0.717) is 16.1 Å². The van der Waals surface area contributed by atoms with Crippen LogP contribution in [0.5, 0.6) is 0 Å². The Balaban J connectivity index is 1.94. The monoisotopic (exact) mass is 440 g/mol. The van der Waals surface area contributed by atoms with E-state index in [1.807, 2.05) is 0 Å². The first-order valence-corrected chi connectivity index (χ1v) is 10.2. The third kappa shape index (κ3) is 4.40. The first-order chi connectivity index (χ1) is 13.7. The molecule has 0 unspecified atom stereocenters. The van der Waals surface area contributed by atoms with Gasteiger partial charge in [-0.1, -0.05) is 17.7 Å². The molecule has 0 saturated carbocycles. The molecule has 11 heteroatoms. The lowest BCUT2D eigenvalue weighted by atomic mass is 10.0. The van der Waals surface area contributed by atoms with Crippen LogP contribution in [0.15, 0.2) is 36.7 Å². The first kappa shape index (κ1) is 21.2. The van der Waals surface area contributed by atoms with E-state index in [1.54, 1.807) is 6.07 Å². The number of nitrogens with one attached hydrogen (secondary N) is 2. The second-order valence-corrected chi connectivity index (χ2v) is 8.38. The van der Waals surface area contributed by atoms with Gasteiger partial charge < -0.3 is 9.72 Å². The molecule has 0 radical (unpaired) electrons. The molecule has 0 fully saturated rings. The van der Waals surface area contributed by atoms with Crippen LogP contribution in [0, 0.1) is 5.82 Å². The SMILES string of the molecule is COCCN(C)S(=O)(=O)Nc1cccc(C(=O)c2c[nH]c3ncc(Cl)cc23)c1F. The molecule has 2 heterocycles. The van der Waals surface area contributed by atoms with Crippen LogP contribution in [-0.2, 0) is 14.9 Å². The number of ketones is 1. The minimum absolute atomic E-state index is 0.0785. The Morgan fingerprint density at radius 3 is 2.86 bits per heavy atom. The number of pyridine rings is 1. The maximum absolute atomic E-state index is 15.0. The number of H-pyrrole nitrogens is 1. The van der Waals surface area contributed by atoms with Crippen molar-refractivity contribution in [3.8, 4) is 0 Å². The molecule has 3 rings (SSSR count). The number of anilines is 1. The summed E-state index contributed by atoms with van der Waals surface area (Å²) in [5.74, 6) is -1.61. The topological polar surface area (TPSA) is 104 Å². The Hall–Kier alpha value is -2.53. The number of benzene rings is 1. The summed E-state index contributed by atoms with van der Waals surface area (Å²) in [6.45, 7) is 0.255. The van der Waals surface area contributed by atoms with Crippen molar-refractivity contribution in [1.29, 1.82) is 0 Å². The van der Waals surface area contributed by atoms with Crippen molar-refractivity contribution < 1.29 is 22.3 Å². The first-order valence-electron chi connectivity index (χ1n) is 8.43. The lowest BCUT2D eigenvalue weighted by Crippen LogP contribution is -2.35. The Kier molecular flexibility index (Phi) is 6.18. The van der Waals surface area contributed by atoms with Gasteiger partial charge >= 0.3 is 10.2 Å². The predicted molar refractivity (Wildman–Crippen MR) is 108 cm³/mol. The molecule has 0 spiro atoms. The Morgan fingerprint density at radius 1 is 1.38 bits per heavy atom. The molecule has 0 amide bonds. The summed E-state index contributed by atoms with van der Waals surface area (Å²) in [6.07, 6.45) is 2.83. The maximum atomic E-state index is 15.0. The van der Waals surface area contributed by atoms with E-state index in [9.17, 15) is 17.6 Å². The molecular weight excluding hydrogens is 423 g/mol. The summed E-state index contributed by atoms with van der Waals surface area (Å²) in [7, 11) is -1.26. The zero-order valence-corrected chi connectivity index (χ0v) is 17.1. The fourth-order valence-corrected chi connectivity index (χ4v) is 3.72. The molecule has 0 aliphatic carbocycles. The van der Waals surface area contributed by atoms with Crippen LogP contribution in [0.3, 0.4) is 0 Å². The normalized spacial score (nSPS) is 11.9. The highest BCUT2D eigenvalue weighted by atomic mass is 35.5. The van der Waals surface area contributed by atoms with Gasteiger partial charge in [0, 0.05) is 44.0 Å². The lowest BCUT2D eigenvalue weighted by Gasteiger charge is -2.18. The van der Waals surface area contributed by atoms with Crippen LogP contribution in [0.2, 0.25) is 5.02 Å². The number of hydrogen-bond acceptors (Lipinski definition) is 5. The molecule has 0 aliphatic heterocycles. The molecule has 1 aromatic carbocycles. The van der Waals surface area contributed by atoms with Gasteiger partial charge in [0.05, 0.1) is 22.9 Å². The van der Waals surface area contributed by atoms with Gasteiger partial charge in [-0.25, -0.2) is 9.37 Å². The van der Waals surface area contributed by atoms with Crippen LogP contribution >= 0.6 is 11.6 Å². The molecular formula is C18H18ClFN4O4S. The van der Waals surface area contributed by atoms with Gasteiger partial charge in [-0.15, -0.1) is 0 Å². The molecule has 8 nitrogen and oxygen atoms in total. The molecule has 0 aliphatic rings. The van der Waals surface area contributed by atoms with Gasteiger partial charge in [0.25, 0.3) is 0 Å². The van der Waals surface area contributed by atoms with Crippen molar-refractivity contribution >= 4 is 44.3 Å². The number of aromatic nitrogens is 2. The minimum atomic E-state index is -4.03. The highest BCUT2D eigenvalue weighted by Gasteiger charge is 2.24. The average molecular weight is 441 g/mol. The van der Waals surface area contributed by atoms with Gasteiger partial charge in [-0.05, 0) is 18.2 Å². The van der Waals surface area contributed by atoms with Crippen molar-refractivity contribution in [2.24, 2.45) is 0 Å². The van der Waals surface area contributed by atoms with Crippen molar-refractivity contribution in [3.63, 3.8) is 0 Å². The van der Waals surface area contributed by atoms with E-state index >= 15 is 0 Å². The van der Waals surface area contributed by atoms with Crippen LogP contribution < -0.4 is 4.72 Å². The van der Waals surface area contributed by atoms with Gasteiger partial charge in [-0.2, -0.15) is 12.7 Å². The smallest absolute Gasteiger partial charge is 0.301 e. The molecule has 2 aromatic heterocycles. The minimum Gasteiger partial charge on any atom is -0.383 e. The molecule has 0 atom stereocenters. The fraction of sp³-hybridized carbons (Fsp3) is 0.222. The van der Waals surface area contributed by atoms with E-state index in [0.717, 1.165) is 4.31 Å². The lowest BCUT2D eigenvalue weighted by molar-refractivity contribution is 0.103.